The first-order valence-corrected chi connectivity index (χ1v) is 14.8. The molecule has 0 saturated carbocycles. The van der Waals surface area contributed by atoms with E-state index in [1.54, 1.807) is 36.7 Å². The molecule has 1 aliphatic heterocycles. The van der Waals surface area contributed by atoms with Gasteiger partial charge in [0.15, 0.2) is 9.84 Å². The van der Waals surface area contributed by atoms with Crippen molar-refractivity contribution >= 4 is 27.0 Å². The Balaban J connectivity index is 1.32. The van der Waals surface area contributed by atoms with Gasteiger partial charge in [0.2, 0.25) is 0 Å². The lowest BCUT2D eigenvalue weighted by atomic mass is 9.92. The molecule has 202 valence electrons. The van der Waals surface area contributed by atoms with Crippen LogP contribution in [-0.2, 0) is 16.3 Å². The molecule has 0 fully saturated rings. The first kappa shape index (κ1) is 27.3. The number of pyridine rings is 1. The molecule has 0 radical (unpaired) electrons. The highest BCUT2D eigenvalue weighted by Gasteiger charge is 2.21. The number of benzene rings is 2. The Morgan fingerprint density at radius 2 is 1.82 bits per heavy atom. The molecule has 5 rings (SSSR count). The molecular weight excluding hydrogens is 537 g/mol. The fourth-order valence-electron chi connectivity index (χ4n) is 4.92. The Kier molecular flexibility index (Phi) is 8.28. The standard InChI is InChI=1S/C30H29ClFN3O3S/c31-27-19-24(3-6-28(27)32)30-29(23-7-12-33-13-8-23)26(20-34-30)22-10-15-35(16-11-22)14-9-21-1-4-25(5-2-21)39(37,38)18-17-36/h1-8,10,12-13,19-20,34,36H,9,11,14-18H2. The van der Waals surface area contributed by atoms with E-state index in [9.17, 15) is 12.8 Å². The van der Waals surface area contributed by atoms with Crippen LogP contribution in [0.25, 0.3) is 28.0 Å². The molecule has 6 nitrogen and oxygen atoms in total. The number of nitrogens with zero attached hydrogens (tertiary/aromatic N) is 2. The number of H-pyrrole nitrogens is 1. The zero-order valence-corrected chi connectivity index (χ0v) is 22.9. The van der Waals surface area contributed by atoms with E-state index in [0.29, 0.717) is 0 Å². The van der Waals surface area contributed by atoms with Crippen LogP contribution >= 0.6 is 11.6 Å². The molecule has 39 heavy (non-hydrogen) atoms. The van der Waals surface area contributed by atoms with E-state index < -0.39 is 15.7 Å². The van der Waals surface area contributed by atoms with Gasteiger partial charge in [0.25, 0.3) is 0 Å². The highest BCUT2D eigenvalue weighted by Crippen LogP contribution is 2.40. The summed E-state index contributed by atoms with van der Waals surface area (Å²) in [5.41, 5.74) is 7.17. The molecule has 2 aromatic heterocycles. The first-order valence-electron chi connectivity index (χ1n) is 12.8. The molecule has 2 N–H and O–H groups in total. The maximum absolute atomic E-state index is 13.8. The van der Waals surface area contributed by atoms with Crippen LogP contribution in [0.15, 0.2) is 84.2 Å². The summed E-state index contributed by atoms with van der Waals surface area (Å²) in [5.74, 6) is -0.715. The van der Waals surface area contributed by atoms with Crippen molar-refractivity contribution in [2.75, 3.05) is 32.0 Å². The van der Waals surface area contributed by atoms with Crippen LogP contribution in [-0.4, -0.2) is 60.4 Å². The van der Waals surface area contributed by atoms with Gasteiger partial charge in [-0.1, -0.05) is 29.8 Å². The van der Waals surface area contributed by atoms with Crippen LogP contribution in [0.1, 0.15) is 17.5 Å². The number of aliphatic hydroxyl groups excluding tert-OH is 1. The zero-order chi connectivity index (χ0) is 27.4. The van der Waals surface area contributed by atoms with E-state index >= 15 is 0 Å². The molecule has 0 bridgehead atoms. The van der Waals surface area contributed by atoms with E-state index in [1.165, 1.54) is 11.6 Å². The van der Waals surface area contributed by atoms with Crippen molar-refractivity contribution in [1.82, 2.24) is 14.9 Å². The van der Waals surface area contributed by atoms with E-state index in [-0.39, 0.29) is 22.3 Å². The molecule has 0 saturated heterocycles. The van der Waals surface area contributed by atoms with Crippen LogP contribution in [0.2, 0.25) is 5.02 Å². The molecule has 0 aliphatic carbocycles. The Morgan fingerprint density at radius 3 is 2.49 bits per heavy atom. The quantitative estimate of drug-likeness (QED) is 0.274. The monoisotopic (exact) mass is 565 g/mol. The minimum absolute atomic E-state index is 0.0817. The van der Waals surface area contributed by atoms with E-state index in [2.05, 4.69) is 20.9 Å². The summed E-state index contributed by atoms with van der Waals surface area (Å²) in [5, 5.41) is 9.05. The molecule has 4 aromatic rings. The van der Waals surface area contributed by atoms with Gasteiger partial charge in [-0.3, -0.25) is 9.88 Å². The third-order valence-corrected chi connectivity index (χ3v) is 9.06. The number of aromatic amines is 1. The Hall–Kier alpha value is -3.30. The van der Waals surface area contributed by atoms with Crippen molar-refractivity contribution in [3.05, 3.63) is 101 Å². The Morgan fingerprint density at radius 1 is 1.05 bits per heavy atom. The number of aliphatic hydroxyl groups is 1. The summed E-state index contributed by atoms with van der Waals surface area (Å²) in [7, 11) is -3.44. The molecule has 0 spiro atoms. The number of nitrogens with one attached hydrogen (secondary N) is 1. The summed E-state index contributed by atoms with van der Waals surface area (Å²) in [6.45, 7) is 2.17. The molecule has 1 aliphatic rings. The van der Waals surface area contributed by atoms with E-state index in [0.717, 1.165) is 66.0 Å². The van der Waals surface area contributed by atoms with Gasteiger partial charge < -0.3 is 10.1 Å². The summed E-state index contributed by atoms with van der Waals surface area (Å²) < 4.78 is 38.1. The number of halogens is 2. The van der Waals surface area contributed by atoms with Gasteiger partial charge in [0.05, 0.1) is 28.0 Å². The van der Waals surface area contributed by atoms with Gasteiger partial charge in [0.1, 0.15) is 5.82 Å². The number of aromatic nitrogens is 2. The summed E-state index contributed by atoms with van der Waals surface area (Å²) >= 11 is 6.10. The van der Waals surface area contributed by atoms with Crippen LogP contribution in [0.5, 0.6) is 0 Å². The minimum atomic E-state index is -3.44. The average Bonchev–Trinajstić information content (AvgIpc) is 3.40. The van der Waals surface area contributed by atoms with Gasteiger partial charge in [-0.15, -0.1) is 0 Å². The predicted octanol–water partition coefficient (Wildman–Crippen LogP) is 5.63. The van der Waals surface area contributed by atoms with Crippen LogP contribution in [0.4, 0.5) is 4.39 Å². The third kappa shape index (κ3) is 6.15. The normalized spacial score (nSPS) is 14.4. The SMILES string of the molecule is O=S(=O)(CCO)c1ccc(CCN2CC=C(c3c[nH]c(-c4ccc(F)c(Cl)c4)c3-c3ccncc3)CC2)cc1. The second-order valence-electron chi connectivity index (χ2n) is 9.53. The minimum Gasteiger partial charge on any atom is -0.395 e. The predicted molar refractivity (Wildman–Crippen MR) is 153 cm³/mol. The smallest absolute Gasteiger partial charge is 0.180 e. The molecular formula is C30H29ClFN3O3S. The lowest BCUT2D eigenvalue weighted by Crippen LogP contribution is -2.30. The summed E-state index contributed by atoms with van der Waals surface area (Å²) in [6.07, 6.45) is 9.47. The van der Waals surface area contributed by atoms with Crippen LogP contribution < -0.4 is 0 Å². The lowest BCUT2D eigenvalue weighted by Gasteiger charge is -2.26. The molecule has 9 heteroatoms. The Bertz CT molecular complexity index is 1590. The number of hydrogen-bond donors (Lipinski definition) is 2. The van der Waals surface area contributed by atoms with Crippen LogP contribution in [0, 0.1) is 5.82 Å². The van der Waals surface area contributed by atoms with Gasteiger partial charge in [-0.25, -0.2) is 12.8 Å². The van der Waals surface area contributed by atoms with Gasteiger partial charge in [-0.05, 0) is 72.0 Å². The van der Waals surface area contributed by atoms with Crippen molar-refractivity contribution in [3.63, 3.8) is 0 Å². The van der Waals surface area contributed by atoms with Crippen molar-refractivity contribution in [3.8, 4) is 22.4 Å². The summed E-state index contributed by atoms with van der Waals surface area (Å²) in [4.78, 5) is 10.2. The maximum atomic E-state index is 13.8. The van der Waals surface area contributed by atoms with Gasteiger partial charge in [-0.2, -0.15) is 0 Å². The maximum Gasteiger partial charge on any atom is 0.180 e. The third-order valence-electron chi connectivity index (χ3n) is 7.06. The van der Waals surface area contributed by atoms with E-state index in [4.69, 9.17) is 16.7 Å². The van der Waals surface area contributed by atoms with Gasteiger partial charge in [0, 0.05) is 54.9 Å². The fourth-order valence-corrected chi connectivity index (χ4v) is 6.13. The average molecular weight is 566 g/mol. The number of rotatable bonds is 9. The number of hydrogen-bond acceptors (Lipinski definition) is 5. The van der Waals surface area contributed by atoms with Crippen molar-refractivity contribution < 1.29 is 17.9 Å². The van der Waals surface area contributed by atoms with Crippen molar-refractivity contribution in [2.45, 2.75) is 17.7 Å². The zero-order valence-electron chi connectivity index (χ0n) is 21.3. The molecule has 0 atom stereocenters. The topological polar surface area (TPSA) is 86.3 Å². The number of sulfone groups is 1. The van der Waals surface area contributed by atoms with Crippen molar-refractivity contribution in [1.29, 1.82) is 0 Å². The lowest BCUT2D eigenvalue weighted by molar-refractivity contribution is 0.306. The summed E-state index contributed by atoms with van der Waals surface area (Å²) in [6, 6.07) is 15.6. The molecule has 2 aromatic carbocycles. The molecule has 3 heterocycles. The molecule has 0 amide bonds. The van der Waals surface area contributed by atoms with Crippen LogP contribution in [0.3, 0.4) is 0 Å². The van der Waals surface area contributed by atoms with E-state index in [1.807, 2.05) is 30.5 Å². The largest absolute Gasteiger partial charge is 0.395 e. The second kappa shape index (κ2) is 11.8. The fraction of sp³-hybridized carbons (Fsp3) is 0.233. The first-order chi connectivity index (χ1) is 18.9. The molecule has 0 unspecified atom stereocenters. The highest BCUT2D eigenvalue weighted by molar-refractivity contribution is 7.91. The second-order valence-corrected chi connectivity index (χ2v) is 12.0. The van der Waals surface area contributed by atoms with Gasteiger partial charge >= 0.3 is 0 Å². The Labute approximate surface area is 232 Å². The highest BCUT2D eigenvalue weighted by atomic mass is 35.5. The van der Waals surface area contributed by atoms with Crippen molar-refractivity contribution in [2.24, 2.45) is 0 Å².